The van der Waals surface area contributed by atoms with E-state index in [9.17, 15) is 5.11 Å². The average molecular weight is 226 g/mol. The van der Waals surface area contributed by atoms with Crippen molar-refractivity contribution in [3.63, 3.8) is 0 Å². The Morgan fingerprint density at radius 3 is 2.62 bits per heavy atom. The summed E-state index contributed by atoms with van der Waals surface area (Å²) >= 11 is 0. The quantitative estimate of drug-likeness (QED) is 0.718. The maximum atomic E-state index is 9.90. The van der Waals surface area contributed by atoms with Crippen LogP contribution in [-0.4, -0.2) is 32.5 Å². The first kappa shape index (κ1) is 13.1. The molecule has 0 aromatic carbocycles. The molecule has 5 nitrogen and oxygen atoms in total. The fraction of sp³-hybridized carbons (Fsp3) is 0.818. The molecule has 0 saturated carbocycles. The third kappa shape index (κ3) is 3.57. The highest BCUT2D eigenvalue weighted by molar-refractivity contribution is 4.83. The lowest BCUT2D eigenvalue weighted by molar-refractivity contribution is 0.101. The lowest BCUT2D eigenvalue weighted by Gasteiger charge is -2.20. The number of nitrogens with one attached hydrogen (secondary N) is 1. The van der Waals surface area contributed by atoms with E-state index in [2.05, 4.69) is 29.4 Å². The molecule has 16 heavy (non-hydrogen) atoms. The molecule has 0 fully saturated rings. The highest BCUT2D eigenvalue weighted by Gasteiger charge is 2.14. The fourth-order valence-electron chi connectivity index (χ4n) is 1.80. The van der Waals surface area contributed by atoms with Crippen LogP contribution < -0.4 is 5.32 Å². The summed E-state index contributed by atoms with van der Waals surface area (Å²) in [5.74, 6) is 1.27. The molecule has 1 unspecified atom stereocenters. The van der Waals surface area contributed by atoms with Crippen molar-refractivity contribution < 1.29 is 5.11 Å². The molecule has 5 heteroatoms. The van der Waals surface area contributed by atoms with E-state index in [-0.39, 0.29) is 6.10 Å². The van der Waals surface area contributed by atoms with Crippen molar-refractivity contribution in [2.75, 3.05) is 6.54 Å². The zero-order chi connectivity index (χ0) is 12.0. The normalized spacial score (nSPS) is 13.3. The van der Waals surface area contributed by atoms with Crippen molar-refractivity contribution in [1.82, 2.24) is 20.1 Å². The Morgan fingerprint density at radius 1 is 1.44 bits per heavy atom. The summed E-state index contributed by atoms with van der Waals surface area (Å²) in [6, 6.07) is 0. The van der Waals surface area contributed by atoms with Gasteiger partial charge in [0, 0.05) is 13.6 Å². The molecule has 0 aliphatic heterocycles. The van der Waals surface area contributed by atoms with Gasteiger partial charge in [0.1, 0.15) is 12.2 Å². The molecule has 92 valence electrons. The monoisotopic (exact) mass is 226 g/mol. The molecule has 0 radical (unpaired) electrons. The molecule has 0 aliphatic carbocycles. The van der Waals surface area contributed by atoms with Crippen LogP contribution in [0.4, 0.5) is 0 Å². The summed E-state index contributed by atoms with van der Waals surface area (Å²) in [6.45, 7) is 5.48. The molecular weight excluding hydrogens is 204 g/mol. The minimum Gasteiger partial charge on any atom is -0.392 e. The van der Waals surface area contributed by atoms with E-state index < -0.39 is 0 Å². The van der Waals surface area contributed by atoms with Crippen molar-refractivity contribution in [1.29, 1.82) is 0 Å². The summed E-state index contributed by atoms with van der Waals surface area (Å²) in [5, 5.41) is 20.9. The molecule has 1 aromatic heterocycles. The Morgan fingerprint density at radius 2 is 2.12 bits per heavy atom. The van der Waals surface area contributed by atoms with Gasteiger partial charge in [0.2, 0.25) is 0 Å². The van der Waals surface area contributed by atoms with Gasteiger partial charge in [-0.2, -0.15) is 0 Å². The van der Waals surface area contributed by atoms with Crippen molar-refractivity contribution in [3.8, 4) is 0 Å². The van der Waals surface area contributed by atoms with Crippen LogP contribution >= 0.6 is 0 Å². The first-order chi connectivity index (χ1) is 7.69. The second-order valence-electron chi connectivity index (χ2n) is 4.13. The number of aliphatic hydroxyl groups excluding tert-OH is 1. The Labute approximate surface area is 96.9 Å². The molecule has 0 saturated heterocycles. The maximum absolute atomic E-state index is 9.90. The van der Waals surface area contributed by atoms with E-state index in [1.54, 1.807) is 6.33 Å². The van der Waals surface area contributed by atoms with Crippen molar-refractivity contribution in [3.05, 3.63) is 12.2 Å². The predicted octanol–water partition coefficient (Wildman–Crippen LogP) is 0.702. The Kier molecular flexibility index (Phi) is 5.42. The molecule has 0 bridgehead atoms. The van der Waals surface area contributed by atoms with E-state index in [1.807, 2.05) is 11.6 Å². The van der Waals surface area contributed by atoms with E-state index in [4.69, 9.17) is 0 Å². The van der Waals surface area contributed by atoms with Gasteiger partial charge in [0.15, 0.2) is 0 Å². The van der Waals surface area contributed by atoms with Crippen LogP contribution in [0.3, 0.4) is 0 Å². The predicted molar refractivity (Wildman–Crippen MR) is 62.8 cm³/mol. The summed E-state index contributed by atoms with van der Waals surface area (Å²) in [7, 11) is 1.91. The Bertz CT molecular complexity index is 296. The van der Waals surface area contributed by atoms with Crippen LogP contribution in [0.1, 0.15) is 32.5 Å². The summed E-state index contributed by atoms with van der Waals surface area (Å²) in [6.07, 6.45) is 3.43. The highest BCUT2D eigenvalue weighted by Crippen LogP contribution is 2.12. The topological polar surface area (TPSA) is 63.0 Å². The van der Waals surface area contributed by atoms with Gasteiger partial charge < -0.3 is 15.0 Å². The summed E-state index contributed by atoms with van der Waals surface area (Å²) in [4.78, 5) is 0. The van der Waals surface area contributed by atoms with Gasteiger partial charge in [-0.3, -0.25) is 0 Å². The fourth-order valence-corrected chi connectivity index (χ4v) is 1.80. The van der Waals surface area contributed by atoms with Crippen molar-refractivity contribution in [2.24, 2.45) is 13.0 Å². The molecule has 2 N–H and O–H groups in total. The summed E-state index contributed by atoms with van der Waals surface area (Å²) < 4.78 is 1.87. The van der Waals surface area contributed by atoms with Crippen molar-refractivity contribution in [2.45, 2.75) is 39.3 Å². The van der Waals surface area contributed by atoms with E-state index in [0.717, 1.165) is 18.7 Å². The number of nitrogens with zero attached hydrogens (tertiary/aromatic N) is 3. The molecule has 1 atom stereocenters. The number of aliphatic hydroxyl groups is 1. The second-order valence-corrected chi connectivity index (χ2v) is 4.13. The Balaban J connectivity index is 2.27. The van der Waals surface area contributed by atoms with Crippen LogP contribution in [0, 0.1) is 5.92 Å². The lowest BCUT2D eigenvalue weighted by atomic mass is 9.97. The van der Waals surface area contributed by atoms with Crippen LogP contribution in [0.25, 0.3) is 0 Å². The molecule has 0 spiro atoms. The first-order valence-corrected chi connectivity index (χ1v) is 5.90. The SMILES string of the molecule is CCC(CC)C(O)CNCc1nncn1C. The first-order valence-electron chi connectivity index (χ1n) is 5.90. The van der Waals surface area contributed by atoms with E-state index in [1.165, 1.54) is 0 Å². The second kappa shape index (κ2) is 6.60. The molecule has 1 heterocycles. The minimum absolute atomic E-state index is 0.275. The van der Waals surface area contributed by atoms with Crippen LogP contribution in [-0.2, 0) is 13.6 Å². The van der Waals surface area contributed by atoms with Gasteiger partial charge in [0.05, 0.1) is 12.6 Å². The zero-order valence-corrected chi connectivity index (χ0v) is 10.3. The number of hydrogen-bond donors (Lipinski definition) is 2. The van der Waals surface area contributed by atoms with Gasteiger partial charge in [-0.25, -0.2) is 0 Å². The molecule has 1 rings (SSSR count). The molecule has 0 aliphatic rings. The van der Waals surface area contributed by atoms with Gasteiger partial charge in [-0.1, -0.05) is 26.7 Å². The number of hydrogen-bond acceptors (Lipinski definition) is 4. The molecular formula is C11H22N4O. The minimum atomic E-state index is -0.275. The number of aryl methyl sites for hydroxylation is 1. The smallest absolute Gasteiger partial charge is 0.146 e. The summed E-state index contributed by atoms with van der Waals surface area (Å²) in [5.41, 5.74) is 0. The molecule has 1 aromatic rings. The van der Waals surface area contributed by atoms with Crippen LogP contribution in [0.2, 0.25) is 0 Å². The third-order valence-electron chi connectivity index (χ3n) is 3.03. The van der Waals surface area contributed by atoms with Crippen LogP contribution in [0.5, 0.6) is 0 Å². The van der Waals surface area contributed by atoms with Crippen molar-refractivity contribution >= 4 is 0 Å². The third-order valence-corrected chi connectivity index (χ3v) is 3.03. The van der Waals surface area contributed by atoms with Gasteiger partial charge >= 0.3 is 0 Å². The van der Waals surface area contributed by atoms with Gasteiger partial charge in [-0.15, -0.1) is 10.2 Å². The maximum Gasteiger partial charge on any atom is 0.146 e. The molecule has 0 amide bonds. The average Bonchev–Trinajstić information content (AvgIpc) is 2.66. The van der Waals surface area contributed by atoms with E-state index in [0.29, 0.717) is 19.0 Å². The van der Waals surface area contributed by atoms with Crippen LogP contribution in [0.15, 0.2) is 6.33 Å². The zero-order valence-electron chi connectivity index (χ0n) is 10.3. The standard InChI is InChI=1S/C11H22N4O/c1-4-9(5-2)10(16)6-12-7-11-14-13-8-15(11)3/h8-10,12,16H,4-7H2,1-3H3. The number of rotatable bonds is 7. The Hall–Kier alpha value is -0.940. The largest absolute Gasteiger partial charge is 0.392 e. The van der Waals surface area contributed by atoms with E-state index >= 15 is 0 Å². The number of aromatic nitrogens is 3. The lowest BCUT2D eigenvalue weighted by Crippen LogP contribution is -2.32. The van der Waals surface area contributed by atoms with Gasteiger partial charge in [0.25, 0.3) is 0 Å². The van der Waals surface area contributed by atoms with Gasteiger partial charge in [-0.05, 0) is 5.92 Å². The highest BCUT2D eigenvalue weighted by atomic mass is 16.3.